The number of methoxy groups -OCH3 is 2. The number of carbonyl (C=O) groups is 1. The summed E-state index contributed by atoms with van der Waals surface area (Å²) in [5, 5.41) is 7.80. The molecule has 12 heteroatoms. The van der Waals surface area contributed by atoms with Crippen LogP contribution < -0.4 is 25.2 Å². The molecular formula is C28H28F3N5O4. The third-order valence-corrected chi connectivity index (χ3v) is 6.91. The van der Waals surface area contributed by atoms with Gasteiger partial charge in [0.2, 0.25) is 5.91 Å². The molecule has 9 nitrogen and oxygen atoms in total. The standard InChI is InChI=1S/C28H28F3N5O4/c1-15-9-22-25(17-10-20(39-3)13-21(11-17)40-4)34-36(27(38)26(22)32-15)24-12-19(5-6-23(24)28(29,30)31)35-8-7-18(14-35)33-16(2)37/h5-6,9-13,18,32H,7-8,14H2,1-4H3,(H,33,37)/t18-/m0/s1. The number of nitrogens with zero attached hydrogens (tertiary/aromatic N) is 3. The van der Waals surface area contributed by atoms with Crippen LogP contribution in [0.15, 0.2) is 47.3 Å². The molecule has 1 saturated heterocycles. The molecule has 0 saturated carbocycles. The van der Waals surface area contributed by atoms with Crippen molar-refractivity contribution in [1.82, 2.24) is 20.1 Å². The minimum absolute atomic E-state index is 0.120. The Morgan fingerprint density at radius 1 is 1.10 bits per heavy atom. The lowest BCUT2D eigenvalue weighted by molar-refractivity contribution is -0.137. The number of hydrogen-bond donors (Lipinski definition) is 2. The molecule has 2 aromatic carbocycles. The third-order valence-electron chi connectivity index (χ3n) is 6.91. The SMILES string of the molecule is COc1cc(OC)cc(-c2nn(-c3cc(N4CC[C@H](NC(C)=O)C4)ccc3C(F)(F)F)c(=O)c3[nH]c(C)cc23)c1. The van der Waals surface area contributed by atoms with Crippen molar-refractivity contribution in [3.05, 3.63) is 64.1 Å². The maximum absolute atomic E-state index is 14.3. The van der Waals surface area contributed by atoms with E-state index in [-0.39, 0.29) is 23.2 Å². The summed E-state index contributed by atoms with van der Waals surface area (Å²) in [5.74, 6) is 0.733. The largest absolute Gasteiger partial charge is 0.497 e. The molecule has 3 heterocycles. The van der Waals surface area contributed by atoms with Crippen LogP contribution in [0.3, 0.4) is 0 Å². The van der Waals surface area contributed by atoms with Crippen molar-refractivity contribution in [2.75, 3.05) is 32.2 Å². The van der Waals surface area contributed by atoms with Gasteiger partial charge in [-0.15, -0.1) is 0 Å². The fourth-order valence-corrected chi connectivity index (χ4v) is 5.10. The average Bonchev–Trinajstić information content (AvgIpc) is 3.54. The molecule has 0 bridgehead atoms. The Morgan fingerprint density at radius 3 is 2.42 bits per heavy atom. The van der Waals surface area contributed by atoms with Gasteiger partial charge in [-0.3, -0.25) is 9.59 Å². The second-order valence-electron chi connectivity index (χ2n) is 9.74. The van der Waals surface area contributed by atoms with E-state index in [1.54, 1.807) is 31.2 Å². The van der Waals surface area contributed by atoms with Crippen molar-refractivity contribution in [2.45, 2.75) is 32.5 Å². The number of H-pyrrole nitrogens is 1. The minimum atomic E-state index is -4.75. The highest BCUT2D eigenvalue weighted by atomic mass is 19.4. The number of aryl methyl sites for hydroxylation is 1. The van der Waals surface area contributed by atoms with Crippen molar-refractivity contribution < 1.29 is 27.4 Å². The van der Waals surface area contributed by atoms with Crippen LogP contribution >= 0.6 is 0 Å². The average molecular weight is 556 g/mol. The van der Waals surface area contributed by atoms with Crippen molar-refractivity contribution in [1.29, 1.82) is 0 Å². The number of halogens is 3. The van der Waals surface area contributed by atoms with Crippen molar-refractivity contribution in [3.8, 4) is 28.4 Å². The van der Waals surface area contributed by atoms with E-state index >= 15 is 0 Å². The van der Waals surface area contributed by atoms with Crippen LogP contribution in [0.5, 0.6) is 11.5 Å². The summed E-state index contributed by atoms with van der Waals surface area (Å²) >= 11 is 0. The number of nitrogens with one attached hydrogen (secondary N) is 2. The highest BCUT2D eigenvalue weighted by Gasteiger charge is 2.36. The molecule has 1 aliphatic heterocycles. The zero-order valence-corrected chi connectivity index (χ0v) is 22.3. The molecule has 0 spiro atoms. The van der Waals surface area contributed by atoms with Crippen molar-refractivity contribution in [3.63, 3.8) is 0 Å². The normalized spacial score (nSPS) is 15.5. The van der Waals surface area contributed by atoms with Gasteiger partial charge in [0.05, 0.1) is 25.5 Å². The first kappa shape index (κ1) is 27.1. The molecular weight excluding hydrogens is 527 g/mol. The predicted molar refractivity (Wildman–Crippen MR) is 144 cm³/mol. The minimum Gasteiger partial charge on any atom is -0.497 e. The van der Waals surface area contributed by atoms with E-state index in [9.17, 15) is 22.8 Å². The molecule has 1 aliphatic rings. The second-order valence-corrected chi connectivity index (χ2v) is 9.74. The lowest BCUT2D eigenvalue weighted by atomic mass is 10.1. The van der Waals surface area contributed by atoms with Gasteiger partial charge >= 0.3 is 6.18 Å². The van der Waals surface area contributed by atoms with Crippen LogP contribution in [-0.2, 0) is 11.0 Å². The third kappa shape index (κ3) is 5.08. The summed E-state index contributed by atoms with van der Waals surface area (Å²) in [6, 6.07) is 10.3. The van der Waals surface area contributed by atoms with Gasteiger partial charge in [-0.1, -0.05) is 0 Å². The van der Waals surface area contributed by atoms with Crippen LogP contribution in [0.25, 0.3) is 27.8 Å². The summed E-state index contributed by atoms with van der Waals surface area (Å²) in [4.78, 5) is 30.0. The highest BCUT2D eigenvalue weighted by molar-refractivity contribution is 5.93. The summed E-state index contributed by atoms with van der Waals surface area (Å²) < 4.78 is 54.4. The number of carbonyl (C=O) groups excluding carboxylic acids is 1. The first-order chi connectivity index (χ1) is 19.0. The Labute approximate surface area is 227 Å². The number of aromatic nitrogens is 3. The number of fused-ring (bicyclic) bond motifs is 1. The van der Waals surface area contributed by atoms with E-state index in [0.717, 1.165) is 10.7 Å². The number of amides is 1. The first-order valence-corrected chi connectivity index (χ1v) is 12.6. The Kier molecular flexibility index (Phi) is 6.94. The highest BCUT2D eigenvalue weighted by Crippen LogP contribution is 2.37. The number of aromatic amines is 1. The van der Waals surface area contributed by atoms with E-state index in [1.165, 1.54) is 33.3 Å². The van der Waals surface area contributed by atoms with Crippen LogP contribution in [0.2, 0.25) is 0 Å². The Hall–Kier alpha value is -4.48. The summed E-state index contributed by atoms with van der Waals surface area (Å²) in [6.07, 6.45) is -4.11. The fraction of sp³-hybridized carbons (Fsp3) is 0.321. The van der Waals surface area contributed by atoms with E-state index in [1.807, 2.05) is 4.90 Å². The molecule has 1 atom stereocenters. The van der Waals surface area contributed by atoms with Crippen LogP contribution in [0.4, 0.5) is 18.9 Å². The molecule has 2 aromatic heterocycles. The van der Waals surface area contributed by atoms with Crippen LogP contribution in [-0.4, -0.2) is 54.0 Å². The molecule has 2 N–H and O–H groups in total. The van der Waals surface area contributed by atoms with E-state index in [2.05, 4.69) is 15.4 Å². The van der Waals surface area contributed by atoms with Gasteiger partial charge in [-0.05, 0) is 49.7 Å². The van der Waals surface area contributed by atoms with Gasteiger partial charge in [0.15, 0.2) is 0 Å². The zero-order valence-electron chi connectivity index (χ0n) is 22.3. The smallest absolute Gasteiger partial charge is 0.418 e. The maximum atomic E-state index is 14.3. The fourth-order valence-electron chi connectivity index (χ4n) is 5.10. The zero-order chi connectivity index (χ0) is 28.8. The van der Waals surface area contributed by atoms with Gasteiger partial charge in [0.1, 0.15) is 22.7 Å². The Morgan fingerprint density at radius 2 is 1.80 bits per heavy atom. The Bertz CT molecular complexity index is 1640. The Balaban J connectivity index is 1.73. The van der Waals surface area contributed by atoms with Gasteiger partial charge < -0.3 is 24.7 Å². The number of alkyl halides is 3. The predicted octanol–water partition coefficient (Wildman–Crippen LogP) is 4.44. The van der Waals surface area contributed by atoms with Crippen LogP contribution in [0.1, 0.15) is 24.6 Å². The molecule has 4 aromatic rings. The van der Waals surface area contributed by atoms with E-state index in [4.69, 9.17) is 9.47 Å². The number of hydrogen-bond acceptors (Lipinski definition) is 6. The lowest BCUT2D eigenvalue weighted by Gasteiger charge is -2.22. The van der Waals surface area contributed by atoms with Crippen molar-refractivity contribution >= 4 is 22.5 Å². The molecule has 0 unspecified atom stereocenters. The monoisotopic (exact) mass is 555 g/mol. The summed E-state index contributed by atoms with van der Waals surface area (Å²) in [7, 11) is 2.97. The molecule has 40 heavy (non-hydrogen) atoms. The second kappa shape index (κ2) is 10.2. The van der Waals surface area contributed by atoms with Gasteiger partial charge in [0.25, 0.3) is 5.56 Å². The molecule has 0 radical (unpaired) electrons. The summed E-state index contributed by atoms with van der Waals surface area (Å²) in [5.41, 5.74) is -0.0939. The molecule has 0 aliphatic carbocycles. The summed E-state index contributed by atoms with van der Waals surface area (Å²) in [6.45, 7) is 4.13. The van der Waals surface area contributed by atoms with E-state index in [0.29, 0.717) is 53.3 Å². The number of benzene rings is 2. The van der Waals surface area contributed by atoms with Crippen LogP contribution in [0, 0.1) is 6.92 Å². The number of anilines is 1. The van der Waals surface area contributed by atoms with Crippen molar-refractivity contribution in [2.24, 2.45) is 0 Å². The molecule has 1 fully saturated rings. The number of ether oxygens (including phenoxy) is 2. The molecule has 1 amide bonds. The topological polar surface area (TPSA) is 101 Å². The quantitative estimate of drug-likeness (QED) is 0.365. The lowest BCUT2D eigenvalue weighted by Crippen LogP contribution is -2.35. The van der Waals surface area contributed by atoms with Gasteiger partial charge in [-0.2, -0.15) is 23.0 Å². The van der Waals surface area contributed by atoms with E-state index < -0.39 is 23.0 Å². The van der Waals surface area contributed by atoms with Gasteiger partial charge in [0, 0.05) is 54.5 Å². The van der Waals surface area contributed by atoms with Gasteiger partial charge in [-0.25, -0.2) is 0 Å². The molecule has 5 rings (SSSR count). The number of rotatable bonds is 6. The maximum Gasteiger partial charge on any atom is 0.418 e. The first-order valence-electron chi connectivity index (χ1n) is 12.6. The molecule has 210 valence electrons.